The first-order valence-corrected chi connectivity index (χ1v) is 7.44. The van der Waals surface area contributed by atoms with Crippen molar-refractivity contribution in [3.63, 3.8) is 0 Å². The SMILES string of the molecule is CN(CC(=O)N1CCNCC1)C(=O)Cc1ccccc1[N+](=O)[O-]. The van der Waals surface area contributed by atoms with Gasteiger partial charge in [0.1, 0.15) is 0 Å². The summed E-state index contributed by atoms with van der Waals surface area (Å²) < 4.78 is 0. The van der Waals surface area contributed by atoms with Crippen LogP contribution in [0.5, 0.6) is 0 Å². The Morgan fingerprint density at radius 2 is 1.96 bits per heavy atom. The third kappa shape index (κ3) is 4.49. The maximum absolute atomic E-state index is 12.2. The van der Waals surface area contributed by atoms with Gasteiger partial charge in [-0.05, 0) is 0 Å². The number of nitrogens with one attached hydrogen (secondary N) is 1. The van der Waals surface area contributed by atoms with Crippen molar-refractivity contribution in [3.05, 3.63) is 39.9 Å². The van der Waals surface area contributed by atoms with Crippen LogP contribution in [0.2, 0.25) is 0 Å². The highest BCUT2D eigenvalue weighted by Gasteiger charge is 2.22. The van der Waals surface area contributed by atoms with Gasteiger partial charge in [0.05, 0.1) is 17.9 Å². The van der Waals surface area contributed by atoms with Crippen molar-refractivity contribution in [2.45, 2.75) is 6.42 Å². The van der Waals surface area contributed by atoms with E-state index in [9.17, 15) is 19.7 Å². The van der Waals surface area contributed by atoms with Crippen molar-refractivity contribution < 1.29 is 14.5 Å². The van der Waals surface area contributed by atoms with Gasteiger partial charge in [-0.1, -0.05) is 18.2 Å². The summed E-state index contributed by atoms with van der Waals surface area (Å²) in [7, 11) is 1.54. The average Bonchev–Trinajstić information content (AvgIpc) is 2.55. The number of carbonyl (C=O) groups excluding carboxylic acids is 2. The first-order chi connectivity index (χ1) is 11.0. The van der Waals surface area contributed by atoms with E-state index in [0.29, 0.717) is 18.7 Å². The Bertz CT molecular complexity index is 599. The highest BCUT2D eigenvalue weighted by Crippen LogP contribution is 2.18. The van der Waals surface area contributed by atoms with E-state index < -0.39 is 4.92 Å². The molecule has 1 aliphatic rings. The van der Waals surface area contributed by atoms with Crippen LogP contribution in [0.3, 0.4) is 0 Å². The average molecular weight is 320 g/mol. The van der Waals surface area contributed by atoms with Gasteiger partial charge in [-0.15, -0.1) is 0 Å². The number of piperazine rings is 1. The highest BCUT2D eigenvalue weighted by molar-refractivity contribution is 5.86. The number of hydrogen-bond donors (Lipinski definition) is 1. The standard InChI is InChI=1S/C15H20N4O4/c1-17(11-15(21)18-8-6-16-7-9-18)14(20)10-12-4-2-3-5-13(12)19(22)23/h2-5,16H,6-11H2,1H3. The highest BCUT2D eigenvalue weighted by atomic mass is 16.6. The predicted octanol–water partition coefficient (Wildman–Crippen LogP) is 0.0275. The van der Waals surface area contributed by atoms with Crippen molar-refractivity contribution >= 4 is 17.5 Å². The van der Waals surface area contributed by atoms with Gasteiger partial charge in [-0.3, -0.25) is 19.7 Å². The molecule has 0 atom stereocenters. The van der Waals surface area contributed by atoms with Crippen molar-refractivity contribution in [2.24, 2.45) is 0 Å². The Kier molecular flexibility index (Phi) is 5.64. The Morgan fingerprint density at radius 1 is 1.30 bits per heavy atom. The zero-order valence-electron chi connectivity index (χ0n) is 13.0. The molecule has 1 fully saturated rings. The second-order valence-electron chi connectivity index (χ2n) is 5.44. The van der Waals surface area contributed by atoms with Gasteiger partial charge in [0, 0.05) is 44.9 Å². The molecule has 0 spiro atoms. The first kappa shape index (κ1) is 16.9. The van der Waals surface area contributed by atoms with Gasteiger partial charge in [0.25, 0.3) is 5.69 Å². The molecule has 8 nitrogen and oxygen atoms in total. The molecule has 1 saturated heterocycles. The number of rotatable bonds is 5. The monoisotopic (exact) mass is 320 g/mol. The number of hydrogen-bond acceptors (Lipinski definition) is 5. The summed E-state index contributed by atoms with van der Waals surface area (Å²) >= 11 is 0. The van der Waals surface area contributed by atoms with E-state index in [1.807, 2.05) is 0 Å². The molecule has 0 radical (unpaired) electrons. The van der Waals surface area contributed by atoms with Crippen molar-refractivity contribution in [1.29, 1.82) is 0 Å². The molecule has 1 N–H and O–H groups in total. The molecule has 1 aromatic carbocycles. The topological polar surface area (TPSA) is 95.8 Å². The molecule has 0 saturated carbocycles. The van der Waals surface area contributed by atoms with Crippen LogP contribution in [0.4, 0.5) is 5.69 Å². The van der Waals surface area contributed by atoms with Crippen LogP contribution >= 0.6 is 0 Å². The number of likely N-dealkylation sites (N-methyl/N-ethyl adjacent to an activating group) is 1. The molecule has 8 heteroatoms. The molecule has 2 rings (SSSR count). The molecular formula is C15H20N4O4. The second kappa shape index (κ2) is 7.68. The summed E-state index contributed by atoms with van der Waals surface area (Å²) in [6, 6.07) is 6.14. The number of benzene rings is 1. The molecule has 124 valence electrons. The molecule has 23 heavy (non-hydrogen) atoms. The van der Waals surface area contributed by atoms with Crippen molar-refractivity contribution in [1.82, 2.24) is 15.1 Å². The first-order valence-electron chi connectivity index (χ1n) is 7.44. The lowest BCUT2D eigenvalue weighted by molar-refractivity contribution is -0.385. The molecule has 1 aromatic rings. The van der Waals surface area contributed by atoms with E-state index in [0.717, 1.165) is 13.1 Å². The van der Waals surface area contributed by atoms with E-state index in [1.54, 1.807) is 23.1 Å². The minimum atomic E-state index is -0.505. The van der Waals surface area contributed by atoms with E-state index in [2.05, 4.69) is 5.32 Å². The van der Waals surface area contributed by atoms with Crippen LogP contribution in [0.15, 0.2) is 24.3 Å². The van der Waals surface area contributed by atoms with Crippen LogP contribution in [0, 0.1) is 10.1 Å². The van der Waals surface area contributed by atoms with Crippen molar-refractivity contribution in [2.75, 3.05) is 39.8 Å². The van der Waals surface area contributed by atoms with Gasteiger partial charge < -0.3 is 15.1 Å². The minimum absolute atomic E-state index is 0.0144. The second-order valence-corrected chi connectivity index (χ2v) is 5.44. The number of amides is 2. The fourth-order valence-corrected chi connectivity index (χ4v) is 2.44. The van der Waals surface area contributed by atoms with Gasteiger partial charge in [-0.2, -0.15) is 0 Å². The van der Waals surface area contributed by atoms with E-state index in [4.69, 9.17) is 0 Å². The number of para-hydroxylation sites is 1. The van der Waals surface area contributed by atoms with E-state index in [-0.39, 0.29) is 30.5 Å². The fraction of sp³-hybridized carbons (Fsp3) is 0.467. The lowest BCUT2D eigenvalue weighted by Crippen LogP contribution is -2.49. The molecule has 0 bridgehead atoms. The van der Waals surface area contributed by atoms with Gasteiger partial charge in [-0.25, -0.2) is 0 Å². The van der Waals surface area contributed by atoms with Crippen LogP contribution < -0.4 is 5.32 Å². The fourth-order valence-electron chi connectivity index (χ4n) is 2.44. The molecule has 0 aliphatic carbocycles. The summed E-state index contributed by atoms with van der Waals surface area (Å²) in [5.74, 6) is -0.423. The summed E-state index contributed by atoms with van der Waals surface area (Å²) in [5, 5.41) is 14.1. The minimum Gasteiger partial charge on any atom is -0.339 e. The van der Waals surface area contributed by atoms with Crippen LogP contribution in [-0.4, -0.2) is 66.3 Å². The Hall–Kier alpha value is -2.48. The lowest BCUT2D eigenvalue weighted by atomic mass is 10.1. The van der Waals surface area contributed by atoms with Crippen LogP contribution in [-0.2, 0) is 16.0 Å². The molecule has 1 heterocycles. The normalized spacial score (nSPS) is 14.4. The molecule has 2 amide bonds. The maximum atomic E-state index is 12.2. The third-order valence-electron chi connectivity index (χ3n) is 3.80. The molecule has 0 aromatic heterocycles. The summed E-state index contributed by atoms with van der Waals surface area (Å²) in [5.41, 5.74) is 0.270. The summed E-state index contributed by atoms with van der Waals surface area (Å²) in [6.45, 7) is 2.74. The Labute approximate surface area is 134 Å². The van der Waals surface area contributed by atoms with Crippen molar-refractivity contribution in [3.8, 4) is 0 Å². The predicted molar refractivity (Wildman–Crippen MR) is 83.9 cm³/mol. The third-order valence-corrected chi connectivity index (χ3v) is 3.80. The maximum Gasteiger partial charge on any atom is 0.273 e. The largest absolute Gasteiger partial charge is 0.339 e. The van der Waals surface area contributed by atoms with Gasteiger partial charge in [0.15, 0.2) is 0 Å². The van der Waals surface area contributed by atoms with Gasteiger partial charge in [0.2, 0.25) is 11.8 Å². The van der Waals surface area contributed by atoms with Gasteiger partial charge >= 0.3 is 0 Å². The zero-order chi connectivity index (χ0) is 16.8. The molecule has 1 aliphatic heterocycles. The van der Waals surface area contributed by atoms with E-state index >= 15 is 0 Å². The number of nitro benzene ring substituents is 1. The van der Waals surface area contributed by atoms with Crippen LogP contribution in [0.1, 0.15) is 5.56 Å². The lowest BCUT2D eigenvalue weighted by Gasteiger charge is -2.29. The number of carbonyl (C=O) groups is 2. The van der Waals surface area contributed by atoms with Crippen LogP contribution in [0.25, 0.3) is 0 Å². The van der Waals surface area contributed by atoms with E-state index in [1.165, 1.54) is 18.0 Å². The summed E-state index contributed by atoms with van der Waals surface area (Å²) in [6.07, 6.45) is -0.0948. The number of nitro groups is 1. The Balaban J connectivity index is 1.95. The zero-order valence-corrected chi connectivity index (χ0v) is 13.0. The molecular weight excluding hydrogens is 300 g/mol. The molecule has 0 unspecified atom stereocenters. The number of nitrogens with zero attached hydrogens (tertiary/aromatic N) is 3. The Morgan fingerprint density at radius 3 is 2.61 bits per heavy atom. The quantitative estimate of drug-likeness (QED) is 0.610. The summed E-state index contributed by atoms with van der Waals surface area (Å²) in [4.78, 5) is 37.9. The smallest absolute Gasteiger partial charge is 0.273 e.